The Morgan fingerprint density at radius 2 is 1.93 bits per heavy atom. The molecule has 1 aromatic rings. The zero-order valence-electron chi connectivity index (χ0n) is 8.63. The van der Waals surface area contributed by atoms with Crippen LogP contribution in [0.1, 0.15) is 6.92 Å². The average Bonchev–Trinajstić information content (AvgIpc) is 2.16. The third-order valence-corrected chi connectivity index (χ3v) is 3.02. The van der Waals surface area contributed by atoms with Crippen molar-refractivity contribution in [2.24, 2.45) is 0 Å². The summed E-state index contributed by atoms with van der Waals surface area (Å²) in [5, 5.41) is 4.80. The van der Waals surface area contributed by atoms with Crippen LogP contribution in [0.5, 0.6) is 0 Å². The van der Waals surface area contributed by atoms with Crippen molar-refractivity contribution in [2.45, 2.75) is 13.0 Å². The molecule has 15 heavy (non-hydrogen) atoms. The van der Waals surface area contributed by atoms with Gasteiger partial charge in [0.25, 0.3) is 0 Å². The molecule has 0 unspecified atom stereocenters. The zero-order valence-corrected chi connectivity index (χ0v) is 10.1. The fourth-order valence-corrected chi connectivity index (χ4v) is 2.40. The van der Waals surface area contributed by atoms with E-state index in [2.05, 4.69) is 17.1 Å². The van der Waals surface area contributed by atoms with E-state index in [1.807, 2.05) is 12.1 Å². The second-order valence-electron chi connectivity index (χ2n) is 3.93. The number of nitrogens with zero attached hydrogens (tertiary/aromatic N) is 1. The highest BCUT2D eigenvalue weighted by molar-refractivity contribution is 6.35. The van der Waals surface area contributed by atoms with Gasteiger partial charge in [-0.25, -0.2) is 0 Å². The Morgan fingerprint density at radius 3 is 2.53 bits per heavy atom. The van der Waals surface area contributed by atoms with Gasteiger partial charge in [0.1, 0.15) is 0 Å². The average molecular weight is 245 g/mol. The quantitative estimate of drug-likeness (QED) is 0.818. The van der Waals surface area contributed by atoms with E-state index in [1.165, 1.54) is 0 Å². The molecular weight excluding hydrogens is 231 g/mol. The monoisotopic (exact) mass is 244 g/mol. The van der Waals surface area contributed by atoms with Gasteiger partial charge in [-0.05, 0) is 25.1 Å². The molecule has 4 heteroatoms. The van der Waals surface area contributed by atoms with Gasteiger partial charge >= 0.3 is 0 Å². The summed E-state index contributed by atoms with van der Waals surface area (Å²) in [6, 6.07) is 6.20. The number of anilines is 1. The summed E-state index contributed by atoms with van der Waals surface area (Å²) in [4.78, 5) is 2.30. The van der Waals surface area contributed by atoms with Gasteiger partial charge in [-0.15, -0.1) is 0 Å². The Kier molecular flexibility index (Phi) is 3.39. The van der Waals surface area contributed by atoms with Crippen LogP contribution in [0.3, 0.4) is 0 Å². The molecule has 1 aliphatic heterocycles. The molecule has 0 spiro atoms. The van der Waals surface area contributed by atoms with Gasteiger partial charge in [-0.2, -0.15) is 0 Å². The van der Waals surface area contributed by atoms with Crippen molar-refractivity contribution in [1.82, 2.24) is 5.32 Å². The van der Waals surface area contributed by atoms with Crippen LogP contribution < -0.4 is 10.2 Å². The number of nitrogens with one attached hydrogen (secondary N) is 1. The number of benzene rings is 1. The standard InChI is InChI=1S/C11H14Cl2N2/c1-8-7-15(3-2-14-8)11-5-9(12)4-10(13)6-11/h4-6,8,14H,2-3,7H2,1H3/t8-/m1/s1. The lowest BCUT2D eigenvalue weighted by Crippen LogP contribution is -2.49. The van der Waals surface area contributed by atoms with Crippen molar-refractivity contribution in [1.29, 1.82) is 0 Å². The predicted octanol–water partition coefficient (Wildman–Crippen LogP) is 2.79. The first-order valence-corrected chi connectivity index (χ1v) is 5.85. The number of hydrogen-bond donors (Lipinski definition) is 1. The van der Waals surface area contributed by atoms with E-state index in [4.69, 9.17) is 23.2 Å². The van der Waals surface area contributed by atoms with Gasteiger partial charge < -0.3 is 10.2 Å². The lowest BCUT2D eigenvalue weighted by molar-refractivity contribution is 0.485. The topological polar surface area (TPSA) is 15.3 Å². The summed E-state index contributed by atoms with van der Waals surface area (Å²) in [5.74, 6) is 0. The Balaban J connectivity index is 2.20. The molecule has 0 amide bonds. The Bertz CT molecular complexity index is 334. The molecule has 1 aliphatic rings. The van der Waals surface area contributed by atoms with Crippen LogP contribution >= 0.6 is 23.2 Å². The van der Waals surface area contributed by atoms with Crippen molar-refractivity contribution >= 4 is 28.9 Å². The molecular formula is C11H14Cl2N2. The summed E-state index contributed by atoms with van der Waals surface area (Å²) < 4.78 is 0. The van der Waals surface area contributed by atoms with Gasteiger partial charge in [0.2, 0.25) is 0 Å². The van der Waals surface area contributed by atoms with Crippen molar-refractivity contribution < 1.29 is 0 Å². The van der Waals surface area contributed by atoms with E-state index in [0.717, 1.165) is 25.3 Å². The Labute approximate surface area is 100 Å². The SMILES string of the molecule is C[C@@H]1CN(c2cc(Cl)cc(Cl)c2)CCN1. The number of rotatable bonds is 1. The lowest BCUT2D eigenvalue weighted by Gasteiger charge is -2.33. The van der Waals surface area contributed by atoms with Crippen LogP contribution in [0.25, 0.3) is 0 Å². The summed E-state index contributed by atoms with van der Waals surface area (Å²) in [5.41, 5.74) is 1.11. The second kappa shape index (κ2) is 4.60. The molecule has 82 valence electrons. The minimum atomic E-state index is 0.511. The van der Waals surface area contributed by atoms with Crippen molar-refractivity contribution in [2.75, 3.05) is 24.5 Å². The van der Waals surface area contributed by atoms with E-state index in [0.29, 0.717) is 16.1 Å². The molecule has 0 radical (unpaired) electrons. The molecule has 0 saturated carbocycles. The molecule has 1 N–H and O–H groups in total. The normalized spacial score (nSPS) is 21.8. The van der Waals surface area contributed by atoms with Gasteiger partial charge in [-0.1, -0.05) is 23.2 Å². The maximum atomic E-state index is 5.98. The van der Waals surface area contributed by atoms with E-state index in [1.54, 1.807) is 6.07 Å². The largest absolute Gasteiger partial charge is 0.369 e. The molecule has 2 rings (SSSR count). The molecule has 1 aromatic carbocycles. The van der Waals surface area contributed by atoms with Crippen LogP contribution in [0, 0.1) is 0 Å². The van der Waals surface area contributed by atoms with E-state index >= 15 is 0 Å². The molecule has 1 fully saturated rings. The second-order valence-corrected chi connectivity index (χ2v) is 4.80. The van der Waals surface area contributed by atoms with E-state index in [-0.39, 0.29) is 0 Å². The molecule has 1 heterocycles. The third kappa shape index (κ3) is 2.77. The van der Waals surface area contributed by atoms with Crippen LogP contribution in [-0.4, -0.2) is 25.7 Å². The van der Waals surface area contributed by atoms with Crippen molar-refractivity contribution in [3.63, 3.8) is 0 Å². The maximum Gasteiger partial charge on any atom is 0.0441 e. The first kappa shape index (κ1) is 11.1. The summed E-state index contributed by atoms with van der Waals surface area (Å²) >= 11 is 12.0. The van der Waals surface area contributed by atoms with Crippen LogP contribution in [0.15, 0.2) is 18.2 Å². The van der Waals surface area contributed by atoms with E-state index in [9.17, 15) is 0 Å². The summed E-state index contributed by atoms with van der Waals surface area (Å²) in [7, 11) is 0. The van der Waals surface area contributed by atoms with Crippen molar-refractivity contribution in [3.8, 4) is 0 Å². The van der Waals surface area contributed by atoms with E-state index < -0.39 is 0 Å². The smallest absolute Gasteiger partial charge is 0.0441 e. The molecule has 0 aromatic heterocycles. The predicted molar refractivity (Wildman–Crippen MR) is 66.1 cm³/mol. The van der Waals surface area contributed by atoms with Gasteiger partial charge in [-0.3, -0.25) is 0 Å². The van der Waals surface area contributed by atoms with Gasteiger partial charge in [0.15, 0.2) is 0 Å². The lowest BCUT2D eigenvalue weighted by atomic mass is 10.2. The van der Waals surface area contributed by atoms with Crippen molar-refractivity contribution in [3.05, 3.63) is 28.2 Å². The molecule has 1 saturated heterocycles. The molecule has 1 atom stereocenters. The first-order valence-electron chi connectivity index (χ1n) is 5.09. The summed E-state index contributed by atoms with van der Waals surface area (Å²) in [6.45, 7) is 5.18. The van der Waals surface area contributed by atoms with Gasteiger partial charge in [0, 0.05) is 41.4 Å². The third-order valence-electron chi connectivity index (χ3n) is 2.58. The number of piperazine rings is 1. The highest BCUT2D eigenvalue weighted by atomic mass is 35.5. The first-order chi connectivity index (χ1) is 7.15. The molecule has 0 bridgehead atoms. The minimum absolute atomic E-state index is 0.511. The van der Waals surface area contributed by atoms with Crippen LogP contribution in [0.2, 0.25) is 10.0 Å². The molecule has 2 nitrogen and oxygen atoms in total. The molecule has 0 aliphatic carbocycles. The summed E-state index contributed by atoms with van der Waals surface area (Å²) in [6.07, 6.45) is 0. The van der Waals surface area contributed by atoms with Crippen LogP contribution in [-0.2, 0) is 0 Å². The minimum Gasteiger partial charge on any atom is -0.369 e. The zero-order chi connectivity index (χ0) is 10.8. The Morgan fingerprint density at radius 1 is 1.27 bits per heavy atom. The van der Waals surface area contributed by atoms with Crippen LogP contribution in [0.4, 0.5) is 5.69 Å². The van der Waals surface area contributed by atoms with Gasteiger partial charge in [0.05, 0.1) is 0 Å². The number of halogens is 2. The fraction of sp³-hybridized carbons (Fsp3) is 0.455. The number of hydrogen-bond acceptors (Lipinski definition) is 2. The maximum absolute atomic E-state index is 5.98. The Hall–Kier alpha value is -0.440. The highest BCUT2D eigenvalue weighted by Gasteiger charge is 2.16. The highest BCUT2D eigenvalue weighted by Crippen LogP contribution is 2.25. The fourth-order valence-electron chi connectivity index (χ4n) is 1.89.